The largest absolute Gasteiger partial charge is 0.362 e. The zero-order valence-electron chi connectivity index (χ0n) is 9.86. The van der Waals surface area contributed by atoms with Gasteiger partial charge in [-0.25, -0.2) is 4.39 Å². The molecule has 2 heteroatoms. The topological polar surface area (TPSA) is 3.24 Å². The van der Waals surface area contributed by atoms with Crippen LogP contribution >= 0.6 is 0 Å². The molecule has 1 aliphatic heterocycles. The van der Waals surface area contributed by atoms with Gasteiger partial charge < -0.3 is 4.90 Å². The number of nitrogens with zero attached hydrogens (tertiary/aromatic N) is 1. The lowest BCUT2D eigenvalue weighted by Crippen LogP contribution is -2.15. The van der Waals surface area contributed by atoms with Crippen LogP contribution in [0.1, 0.15) is 16.7 Å². The van der Waals surface area contributed by atoms with Gasteiger partial charge in [0.2, 0.25) is 0 Å². The van der Waals surface area contributed by atoms with E-state index in [1.807, 2.05) is 12.1 Å². The van der Waals surface area contributed by atoms with Gasteiger partial charge in [-0.05, 0) is 29.3 Å². The lowest BCUT2D eigenvalue weighted by atomic mass is 10.1. The molecule has 0 fully saturated rings. The summed E-state index contributed by atoms with van der Waals surface area (Å²) in [6.45, 7) is 1.66. The summed E-state index contributed by atoms with van der Waals surface area (Å²) in [6, 6.07) is 12.9. The number of halogens is 1. The number of hydrogen-bond donors (Lipinski definition) is 0. The van der Waals surface area contributed by atoms with E-state index in [-0.39, 0.29) is 5.82 Å². The molecule has 0 spiro atoms. The predicted octanol–water partition coefficient (Wildman–Crippen LogP) is 3.33. The monoisotopic (exact) mass is 237 g/mol. The summed E-state index contributed by atoms with van der Waals surface area (Å²) < 4.78 is 13.2. The Morgan fingerprint density at radius 1 is 1.06 bits per heavy atom. The van der Waals surface area contributed by atoms with Crippen molar-refractivity contribution in [3.8, 4) is 12.3 Å². The molecule has 0 bridgehead atoms. The fourth-order valence-corrected chi connectivity index (χ4v) is 2.40. The second-order valence-corrected chi connectivity index (χ2v) is 4.43. The molecule has 18 heavy (non-hydrogen) atoms. The van der Waals surface area contributed by atoms with Gasteiger partial charge in [-0.2, -0.15) is 0 Å². The third kappa shape index (κ3) is 1.74. The molecular formula is C16H12FN. The maximum Gasteiger partial charge on any atom is 0.124 e. The molecule has 2 aromatic carbocycles. The van der Waals surface area contributed by atoms with E-state index in [0.717, 1.165) is 18.8 Å². The second kappa shape index (κ2) is 4.19. The number of benzene rings is 2. The van der Waals surface area contributed by atoms with E-state index in [1.165, 1.54) is 23.3 Å². The lowest BCUT2D eigenvalue weighted by Gasteiger charge is -2.19. The first-order valence-corrected chi connectivity index (χ1v) is 5.86. The summed E-state index contributed by atoms with van der Waals surface area (Å²) in [7, 11) is 0. The quantitative estimate of drug-likeness (QED) is 0.688. The highest BCUT2D eigenvalue weighted by Crippen LogP contribution is 2.30. The van der Waals surface area contributed by atoms with Crippen LogP contribution in [0.15, 0.2) is 42.5 Å². The summed E-state index contributed by atoms with van der Waals surface area (Å²) in [5, 5.41) is 0. The van der Waals surface area contributed by atoms with Crippen LogP contribution in [0.25, 0.3) is 0 Å². The molecule has 0 saturated heterocycles. The van der Waals surface area contributed by atoms with Crippen LogP contribution in [-0.2, 0) is 13.1 Å². The minimum atomic E-state index is -0.289. The molecule has 1 heterocycles. The van der Waals surface area contributed by atoms with Crippen LogP contribution in [0.5, 0.6) is 0 Å². The molecule has 0 aromatic heterocycles. The van der Waals surface area contributed by atoms with Crippen molar-refractivity contribution in [2.75, 3.05) is 4.90 Å². The number of rotatable bonds is 1. The molecule has 2 aromatic rings. The third-order valence-corrected chi connectivity index (χ3v) is 3.30. The van der Waals surface area contributed by atoms with E-state index in [2.05, 4.69) is 23.0 Å². The first kappa shape index (κ1) is 10.9. The SMILES string of the molecule is C#Cc1cc(F)ccc1N1Cc2ccccc2C1. The number of fused-ring (bicyclic) bond motifs is 1. The highest BCUT2D eigenvalue weighted by molar-refractivity contribution is 5.62. The molecule has 88 valence electrons. The molecule has 0 N–H and O–H groups in total. The van der Waals surface area contributed by atoms with E-state index in [9.17, 15) is 4.39 Å². The molecule has 0 aliphatic carbocycles. The highest BCUT2D eigenvalue weighted by atomic mass is 19.1. The van der Waals surface area contributed by atoms with Crippen molar-refractivity contribution in [3.63, 3.8) is 0 Å². The predicted molar refractivity (Wildman–Crippen MR) is 70.7 cm³/mol. The zero-order valence-corrected chi connectivity index (χ0v) is 9.86. The maximum atomic E-state index is 13.2. The number of terminal acetylenes is 1. The third-order valence-electron chi connectivity index (χ3n) is 3.30. The van der Waals surface area contributed by atoms with E-state index >= 15 is 0 Å². The highest BCUT2D eigenvalue weighted by Gasteiger charge is 2.20. The standard InChI is InChI=1S/C16H12FN/c1-2-12-9-15(17)7-8-16(12)18-10-13-5-3-4-6-14(13)11-18/h1,3-9H,10-11H2. The molecule has 0 saturated carbocycles. The zero-order chi connectivity index (χ0) is 12.5. The van der Waals surface area contributed by atoms with Gasteiger partial charge in [0.15, 0.2) is 0 Å². The first-order chi connectivity index (χ1) is 8.78. The van der Waals surface area contributed by atoms with Crippen molar-refractivity contribution in [1.29, 1.82) is 0 Å². The molecule has 1 aliphatic rings. The minimum Gasteiger partial charge on any atom is -0.362 e. The van der Waals surface area contributed by atoms with Gasteiger partial charge in [0.05, 0.1) is 11.3 Å². The van der Waals surface area contributed by atoms with Crippen LogP contribution in [0.3, 0.4) is 0 Å². The Kier molecular flexibility index (Phi) is 2.53. The van der Waals surface area contributed by atoms with Gasteiger partial charge in [0.1, 0.15) is 5.82 Å². The van der Waals surface area contributed by atoms with Crippen LogP contribution in [0.2, 0.25) is 0 Å². The number of anilines is 1. The van der Waals surface area contributed by atoms with Gasteiger partial charge in [-0.1, -0.05) is 30.2 Å². The average molecular weight is 237 g/mol. The normalized spacial score (nSPS) is 13.2. The van der Waals surface area contributed by atoms with Gasteiger partial charge in [-0.15, -0.1) is 6.42 Å². The van der Waals surface area contributed by atoms with E-state index < -0.39 is 0 Å². The Hall–Kier alpha value is -2.27. The Morgan fingerprint density at radius 3 is 2.33 bits per heavy atom. The Labute approximate surface area is 106 Å². The Balaban J connectivity index is 1.98. The summed E-state index contributed by atoms with van der Waals surface area (Å²) in [6.07, 6.45) is 5.45. The molecule has 0 amide bonds. The van der Waals surface area contributed by atoms with Gasteiger partial charge >= 0.3 is 0 Å². The van der Waals surface area contributed by atoms with E-state index in [4.69, 9.17) is 6.42 Å². The first-order valence-electron chi connectivity index (χ1n) is 5.86. The summed E-state index contributed by atoms with van der Waals surface area (Å²) in [4.78, 5) is 2.18. The maximum absolute atomic E-state index is 13.2. The van der Waals surface area contributed by atoms with E-state index in [1.54, 1.807) is 6.07 Å². The Morgan fingerprint density at radius 2 is 1.72 bits per heavy atom. The summed E-state index contributed by atoms with van der Waals surface area (Å²) >= 11 is 0. The molecule has 0 unspecified atom stereocenters. The van der Waals surface area contributed by atoms with Crippen LogP contribution in [0, 0.1) is 18.2 Å². The van der Waals surface area contributed by atoms with Crippen molar-refractivity contribution >= 4 is 5.69 Å². The number of hydrogen-bond acceptors (Lipinski definition) is 1. The van der Waals surface area contributed by atoms with Crippen molar-refractivity contribution in [2.24, 2.45) is 0 Å². The second-order valence-electron chi connectivity index (χ2n) is 4.43. The fourth-order valence-electron chi connectivity index (χ4n) is 2.40. The minimum absolute atomic E-state index is 0.289. The Bertz CT molecular complexity index is 615. The van der Waals surface area contributed by atoms with Crippen molar-refractivity contribution in [1.82, 2.24) is 0 Å². The van der Waals surface area contributed by atoms with Crippen molar-refractivity contribution in [2.45, 2.75) is 13.1 Å². The molecule has 3 rings (SSSR count). The van der Waals surface area contributed by atoms with Crippen LogP contribution < -0.4 is 4.90 Å². The van der Waals surface area contributed by atoms with Crippen molar-refractivity contribution < 1.29 is 4.39 Å². The molecule has 0 atom stereocenters. The average Bonchev–Trinajstić information content (AvgIpc) is 2.82. The fraction of sp³-hybridized carbons (Fsp3) is 0.125. The van der Waals surface area contributed by atoms with Gasteiger partial charge in [0.25, 0.3) is 0 Å². The van der Waals surface area contributed by atoms with Crippen LogP contribution in [0.4, 0.5) is 10.1 Å². The lowest BCUT2D eigenvalue weighted by molar-refractivity contribution is 0.627. The molecule has 0 radical (unpaired) electrons. The molecular weight excluding hydrogens is 225 g/mol. The van der Waals surface area contributed by atoms with Gasteiger partial charge in [0, 0.05) is 13.1 Å². The van der Waals surface area contributed by atoms with Gasteiger partial charge in [-0.3, -0.25) is 0 Å². The van der Waals surface area contributed by atoms with Crippen molar-refractivity contribution in [3.05, 3.63) is 65.0 Å². The summed E-state index contributed by atoms with van der Waals surface area (Å²) in [5.41, 5.74) is 4.16. The smallest absolute Gasteiger partial charge is 0.124 e. The summed E-state index contributed by atoms with van der Waals surface area (Å²) in [5.74, 6) is 2.27. The van der Waals surface area contributed by atoms with Crippen LogP contribution in [-0.4, -0.2) is 0 Å². The molecule has 1 nitrogen and oxygen atoms in total. The van der Waals surface area contributed by atoms with E-state index in [0.29, 0.717) is 5.56 Å².